The molecule has 146 valence electrons. The number of hydrogen-bond donors (Lipinski definition) is 0. The number of aromatic nitrogens is 2. The first-order valence-corrected chi connectivity index (χ1v) is 9.55. The molecule has 1 aliphatic heterocycles. The van der Waals surface area contributed by atoms with Crippen molar-refractivity contribution < 1.29 is 14.3 Å². The molecule has 3 rings (SSSR count). The second-order valence-corrected chi connectivity index (χ2v) is 7.33. The van der Waals surface area contributed by atoms with E-state index in [-0.39, 0.29) is 5.91 Å². The quantitative estimate of drug-likeness (QED) is 0.781. The Hall–Kier alpha value is -2.50. The van der Waals surface area contributed by atoms with E-state index in [9.17, 15) is 4.79 Å². The number of imidazole rings is 1. The molecule has 1 aromatic heterocycles. The molecule has 0 spiro atoms. The van der Waals surface area contributed by atoms with Gasteiger partial charge >= 0.3 is 0 Å². The molecule has 1 amide bonds. The highest BCUT2D eigenvalue weighted by Gasteiger charge is 2.28. The molecule has 2 aromatic rings. The van der Waals surface area contributed by atoms with Gasteiger partial charge in [0.05, 0.1) is 20.6 Å². The molecule has 0 N–H and O–H groups in total. The number of likely N-dealkylation sites (tertiary alicyclic amines) is 1. The Kier molecular flexibility index (Phi) is 6.04. The zero-order chi connectivity index (χ0) is 19.4. The van der Waals surface area contributed by atoms with Crippen LogP contribution in [0.5, 0.6) is 11.5 Å². The molecule has 0 aliphatic carbocycles. The molecule has 0 saturated carbocycles. The van der Waals surface area contributed by atoms with Gasteiger partial charge in [0.25, 0.3) is 0 Å². The van der Waals surface area contributed by atoms with Gasteiger partial charge in [-0.25, -0.2) is 4.98 Å². The van der Waals surface area contributed by atoms with Gasteiger partial charge in [-0.2, -0.15) is 0 Å². The van der Waals surface area contributed by atoms with Crippen LogP contribution in [0.1, 0.15) is 50.0 Å². The van der Waals surface area contributed by atoms with Crippen molar-refractivity contribution in [2.24, 2.45) is 0 Å². The molecule has 2 heterocycles. The Bertz CT molecular complexity index is 785. The highest BCUT2D eigenvalue weighted by atomic mass is 16.5. The molecule has 1 saturated heterocycles. The fraction of sp³-hybridized carbons (Fsp3) is 0.524. The van der Waals surface area contributed by atoms with E-state index in [0.717, 1.165) is 37.3 Å². The molecule has 1 aliphatic rings. The van der Waals surface area contributed by atoms with Crippen LogP contribution < -0.4 is 9.47 Å². The van der Waals surface area contributed by atoms with E-state index in [1.54, 1.807) is 14.2 Å². The van der Waals surface area contributed by atoms with Crippen LogP contribution in [0.4, 0.5) is 0 Å². The van der Waals surface area contributed by atoms with E-state index < -0.39 is 0 Å². The number of benzene rings is 1. The molecular formula is C21H29N3O3. The summed E-state index contributed by atoms with van der Waals surface area (Å²) in [6, 6.07) is 6.02. The van der Waals surface area contributed by atoms with Crippen molar-refractivity contribution in [3.05, 3.63) is 42.0 Å². The fourth-order valence-electron chi connectivity index (χ4n) is 3.77. The minimum absolute atomic E-state index is 0.148. The first-order valence-electron chi connectivity index (χ1n) is 9.55. The maximum absolute atomic E-state index is 12.9. The van der Waals surface area contributed by atoms with Gasteiger partial charge in [-0.05, 0) is 44.4 Å². The summed E-state index contributed by atoms with van der Waals surface area (Å²) in [4.78, 5) is 19.4. The maximum Gasteiger partial charge on any atom is 0.227 e. The Morgan fingerprint density at radius 3 is 2.74 bits per heavy atom. The van der Waals surface area contributed by atoms with Crippen molar-refractivity contribution in [1.82, 2.24) is 14.5 Å². The molecule has 6 heteroatoms. The van der Waals surface area contributed by atoms with Gasteiger partial charge < -0.3 is 18.9 Å². The lowest BCUT2D eigenvalue weighted by Crippen LogP contribution is -2.40. The zero-order valence-electron chi connectivity index (χ0n) is 16.6. The van der Waals surface area contributed by atoms with Gasteiger partial charge in [-0.15, -0.1) is 0 Å². The Morgan fingerprint density at radius 2 is 2.04 bits per heavy atom. The maximum atomic E-state index is 12.9. The lowest BCUT2D eigenvalue weighted by molar-refractivity contribution is -0.131. The largest absolute Gasteiger partial charge is 0.493 e. The molecule has 1 unspecified atom stereocenters. The summed E-state index contributed by atoms with van der Waals surface area (Å²) in [5, 5.41) is 0. The lowest BCUT2D eigenvalue weighted by Gasteiger charge is -2.33. The van der Waals surface area contributed by atoms with Crippen molar-refractivity contribution in [1.29, 1.82) is 0 Å². The van der Waals surface area contributed by atoms with Crippen molar-refractivity contribution in [2.45, 2.75) is 45.1 Å². The summed E-state index contributed by atoms with van der Waals surface area (Å²) in [6.07, 6.45) is 6.34. The molecule has 0 bridgehead atoms. The number of rotatable bonds is 6. The smallest absolute Gasteiger partial charge is 0.227 e. The predicted molar refractivity (Wildman–Crippen MR) is 104 cm³/mol. The highest BCUT2D eigenvalue weighted by Crippen LogP contribution is 2.30. The van der Waals surface area contributed by atoms with Gasteiger partial charge in [0, 0.05) is 37.4 Å². The molecule has 0 radical (unpaired) electrons. The van der Waals surface area contributed by atoms with Crippen molar-refractivity contribution in [2.75, 3.05) is 27.3 Å². The minimum Gasteiger partial charge on any atom is -0.493 e. The zero-order valence-corrected chi connectivity index (χ0v) is 16.6. The first-order chi connectivity index (χ1) is 13.0. The van der Waals surface area contributed by atoms with Crippen molar-refractivity contribution >= 4 is 5.91 Å². The average molecular weight is 371 g/mol. The first kappa shape index (κ1) is 19.3. The Labute approximate surface area is 161 Å². The molecule has 6 nitrogen and oxygen atoms in total. The van der Waals surface area contributed by atoms with Crippen LogP contribution in [-0.4, -0.2) is 47.7 Å². The molecule has 1 atom stereocenters. The molecule has 1 aromatic carbocycles. The number of piperidine rings is 1. The van der Waals surface area contributed by atoms with E-state index in [1.165, 1.54) is 0 Å². The standard InChI is InChI=1S/C21H29N3O3/c1-15(2)24-11-9-22-21(24)17-6-5-10-23(14-17)20(25)13-16-7-8-18(26-3)19(12-16)27-4/h7-9,11-12,15,17H,5-6,10,13-14H2,1-4H3. The van der Waals surface area contributed by atoms with Crippen LogP contribution in [0.3, 0.4) is 0 Å². The summed E-state index contributed by atoms with van der Waals surface area (Å²) in [7, 11) is 3.22. The van der Waals surface area contributed by atoms with E-state index in [1.807, 2.05) is 35.5 Å². The van der Waals surface area contributed by atoms with Crippen LogP contribution >= 0.6 is 0 Å². The predicted octanol–water partition coefficient (Wildman–Crippen LogP) is 3.43. The summed E-state index contributed by atoms with van der Waals surface area (Å²) in [5.41, 5.74) is 0.934. The van der Waals surface area contributed by atoms with Crippen LogP contribution in [0.25, 0.3) is 0 Å². The van der Waals surface area contributed by atoms with Gasteiger partial charge in [-0.3, -0.25) is 4.79 Å². The summed E-state index contributed by atoms with van der Waals surface area (Å²) >= 11 is 0. The average Bonchev–Trinajstić information content (AvgIpc) is 3.18. The van der Waals surface area contributed by atoms with Crippen LogP contribution in [0.2, 0.25) is 0 Å². The minimum atomic E-state index is 0.148. The van der Waals surface area contributed by atoms with Gasteiger partial charge in [0.2, 0.25) is 5.91 Å². The monoisotopic (exact) mass is 371 g/mol. The van der Waals surface area contributed by atoms with E-state index in [4.69, 9.17) is 9.47 Å². The number of methoxy groups -OCH3 is 2. The summed E-state index contributed by atoms with van der Waals surface area (Å²) in [6.45, 7) is 5.86. The number of carbonyl (C=O) groups is 1. The molecular weight excluding hydrogens is 342 g/mol. The lowest BCUT2D eigenvalue weighted by atomic mass is 9.96. The van der Waals surface area contributed by atoms with Crippen LogP contribution in [-0.2, 0) is 11.2 Å². The van der Waals surface area contributed by atoms with Crippen molar-refractivity contribution in [3.63, 3.8) is 0 Å². The number of ether oxygens (including phenoxy) is 2. The van der Waals surface area contributed by atoms with Crippen LogP contribution in [0, 0.1) is 0 Å². The summed E-state index contributed by atoms with van der Waals surface area (Å²) < 4.78 is 12.8. The Balaban J connectivity index is 1.69. The van der Waals surface area contributed by atoms with E-state index in [0.29, 0.717) is 29.9 Å². The number of amides is 1. The third-order valence-electron chi connectivity index (χ3n) is 5.20. The normalized spacial score (nSPS) is 17.2. The third kappa shape index (κ3) is 4.26. The highest BCUT2D eigenvalue weighted by molar-refractivity contribution is 5.79. The second kappa shape index (κ2) is 8.46. The topological polar surface area (TPSA) is 56.6 Å². The third-order valence-corrected chi connectivity index (χ3v) is 5.20. The number of carbonyl (C=O) groups excluding carboxylic acids is 1. The van der Waals surface area contributed by atoms with E-state index >= 15 is 0 Å². The van der Waals surface area contributed by atoms with Crippen molar-refractivity contribution in [3.8, 4) is 11.5 Å². The van der Waals surface area contributed by atoms with Crippen LogP contribution in [0.15, 0.2) is 30.6 Å². The number of nitrogens with zero attached hydrogens (tertiary/aromatic N) is 3. The Morgan fingerprint density at radius 1 is 1.26 bits per heavy atom. The van der Waals surface area contributed by atoms with Gasteiger partial charge in [-0.1, -0.05) is 6.07 Å². The second-order valence-electron chi connectivity index (χ2n) is 7.33. The SMILES string of the molecule is COc1ccc(CC(=O)N2CCCC(c3nccn3C(C)C)C2)cc1OC. The fourth-order valence-corrected chi connectivity index (χ4v) is 3.77. The molecule has 1 fully saturated rings. The number of hydrogen-bond acceptors (Lipinski definition) is 4. The molecule has 27 heavy (non-hydrogen) atoms. The van der Waals surface area contributed by atoms with Gasteiger partial charge in [0.15, 0.2) is 11.5 Å². The van der Waals surface area contributed by atoms with E-state index in [2.05, 4.69) is 23.4 Å². The summed E-state index contributed by atoms with van der Waals surface area (Å²) in [5.74, 6) is 2.86. The van der Waals surface area contributed by atoms with Gasteiger partial charge in [0.1, 0.15) is 5.82 Å².